The number of nitrogens with one attached hydrogen (secondary N) is 2. The highest BCUT2D eigenvalue weighted by Crippen LogP contribution is 2.34. The third kappa shape index (κ3) is 8.34. The Labute approximate surface area is 271 Å². The molecule has 0 aromatic heterocycles. The van der Waals surface area contributed by atoms with E-state index in [-0.39, 0.29) is 45.1 Å². The molecule has 1 fully saturated rings. The largest absolute Gasteiger partial charge is 0.492 e. The first-order valence-electron chi connectivity index (χ1n) is 14.1. The summed E-state index contributed by atoms with van der Waals surface area (Å²) in [5, 5.41) is 12.4. The lowest BCUT2D eigenvalue weighted by Crippen LogP contribution is -2.50. The maximum Gasteiger partial charge on any atom is 0.337 e. The lowest BCUT2D eigenvalue weighted by Gasteiger charge is -2.30. The summed E-state index contributed by atoms with van der Waals surface area (Å²) in [4.78, 5) is 23.9. The summed E-state index contributed by atoms with van der Waals surface area (Å²) >= 11 is 12.0. The Morgan fingerprint density at radius 2 is 1.44 bits per heavy atom. The normalized spacial score (nSPS) is 14.1. The molecule has 45 heavy (non-hydrogen) atoms. The summed E-state index contributed by atoms with van der Waals surface area (Å²) in [7, 11) is -3.85. The van der Waals surface area contributed by atoms with E-state index in [1.807, 2.05) is 0 Å². The summed E-state index contributed by atoms with van der Waals surface area (Å²) in [6.07, 6.45) is 3.10. The number of anilines is 1. The Morgan fingerprint density at radius 1 is 0.822 bits per heavy atom. The summed E-state index contributed by atoms with van der Waals surface area (Å²) in [6, 6.07) is 24.4. The average Bonchev–Trinajstić information content (AvgIpc) is 3.47. The number of aromatic carboxylic acids is 1. The third-order valence-electron chi connectivity index (χ3n) is 7.41. The number of hydrogen-bond donors (Lipinski definition) is 3. The minimum absolute atomic E-state index is 0.0218. The van der Waals surface area contributed by atoms with E-state index in [0.29, 0.717) is 30.1 Å². The number of halogens is 2. The average molecular weight is 670 g/mol. The molecule has 0 unspecified atom stereocenters. The molecule has 0 radical (unpaired) electrons. The van der Waals surface area contributed by atoms with Crippen LogP contribution in [0.2, 0.25) is 10.0 Å². The first-order valence-corrected chi connectivity index (χ1v) is 16.4. The van der Waals surface area contributed by atoms with Crippen LogP contribution >= 0.6 is 23.2 Å². The second-order valence-corrected chi connectivity index (χ2v) is 13.2. The van der Waals surface area contributed by atoms with E-state index in [2.05, 4.69) is 10.0 Å². The van der Waals surface area contributed by atoms with Gasteiger partial charge in [0.15, 0.2) is 0 Å². The molecule has 4 aromatic carbocycles. The van der Waals surface area contributed by atoms with Gasteiger partial charge in [0.1, 0.15) is 23.9 Å². The van der Waals surface area contributed by atoms with E-state index >= 15 is 0 Å². The van der Waals surface area contributed by atoms with Crippen LogP contribution in [0.4, 0.5) is 5.69 Å². The van der Waals surface area contributed by atoms with Crippen LogP contribution in [0.25, 0.3) is 0 Å². The van der Waals surface area contributed by atoms with Crippen molar-refractivity contribution in [2.45, 2.75) is 42.5 Å². The van der Waals surface area contributed by atoms with Crippen molar-refractivity contribution in [3.63, 3.8) is 0 Å². The van der Waals surface area contributed by atoms with E-state index in [4.69, 9.17) is 32.7 Å². The molecule has 1 aliphatic carbocycles. The molecule has 0 saturated heterocycles. The third-order valence-corrected chi connectivity index (χ3v) is 9.72. The molecule has 0 aliphatic heterocycles. The Balaban J connectivity index is 1.15. The second-order valence-electron chi connectivity index (χ2n) is 10.8. The lowest BCUT2D eigenvalue weighted by molar-refractivity contribution is -0.115. The number of carboxylic acids is 1. The standard InChI is InChI=1S/C33H30Cl2N2O7S/c34-28-16-15-26(20-29(28)35)45(41,42)37-33(17-3-4-18-33)21-43-23-11-13-25(14-12-23)44-24-9-7-22(8-10-24)19-31(38)36-30-6-2-1-5-27(30)32(39)40/h1-2,5-16,20,37H,3-4,17-19,21H2,(H,36,38)(H,39,40). The van der Waals surface area contributed by atoms with Gasteiger partial charge >= 0.3 is 5.97 Å². The lowest BCUT2D eigenvalue weighted by atomic mass is 10.0. The molecule has 9 nitrogen and oxygen atoms in total. The number of carbonyl (C=O) groups excluding carboxylic acids is 1. The van der Waals surface area contributed by atoms with Gasteiger partial charge in [-0.15, -0.1) is 0 Å². The summed E-state index contributed by atoms with van der Waals surface area (Å²) in [5.74, 6) is 0.232. The number of hydrogen-bond acceptors (Lipinski definition) is 6. The van der Waals surface area contributed by atoms with Gasteiger partial charge in [0.2, 0.25) is 15.9 Å². The van der Waals surface area contributed by atoms with Crippen LogP contribution in [0.1, 0.15) is 41.6 Å². The van der Waals surface area contributed by atoms with Gasteiger partial charge in [-0.05, 0) is 85.1 Å². The SMILES string of the molecule is O=C(Cc1ccc(Oc2ccc(OCC3(NS(=O)(=O)c4ccc(Cl)c(Cl)c4)CCCC3)cc2)cc1)Nc1ccccc1C(=O)O. The molecular formula is C33H30Cl2N2O7S. The van der Waals surface area contributed by atoms with Crippen molar-refractivity contribution in [3.05, 3.63) is 112 Å². The zero-order valence-electron chi connectivity index (χ0n) is 24.0. The van der Waals surface area contributed by atoms with Crippen LogP contribution in [-0.4, -0.2) is 37.5 Å². The molecule has 12 heteroatoms. The van der Waals surface area contributed by atoms with Gasteiger partial charge in [-0.2, -0.15) is 0 Å². The predicted octanol–water partition coefficient (Wildman–Crippen LogP) is 7.34. The van der Waals surface area contributed by atoms with E-state index in [1.165, 1.54) is 24.3 Å². The molecular weight excluding hydrogens is 639 g/mol. The van der Waals surface area contributed by atoms with Crippen LogP contribution in [0.3, 0.4) is 0 Å². The van der Waals surface area contributed by atoms with Gasteiger partial charge in [-0.3, -0.25) is 4.79 Å². The summed E-state index contributed by atoms with van der Waals surface area (Å²) in [6.45, 7) is 0.157. The van der Waals surface area contributed by atoms with E-state index < -0.39 is 21.5 Å². The van der Waals surface area contributed by atoms with Gasteiger partial charge in [-0.25, -0.2) is 17.9 Å². The minimum atomic E-state index is -3.85. The minimum Gasteiger partial charge on any atom is -0.492 e. The Bertz CT molecular complexity index is 1790. The molecule has 4 aromatic rings. The number of amides is 1. The van der Waals surface area contributed by atoms with E-state index in [1.54, 1.807) is 66.7 Å². The van der Waals surface area contributed by atoms with Crippen molar-refractivity contribution in [2.75, 3.05) is 11.9 Å². The van der Waals surface area contributed by atoms with E-state index in [0.717, 1.165) is 18.4 Å². The van der Waals surface area contributed by atoms with Gasteiger partial charge in [0.25, 0.3) is 0 Å². The maximum absolute atomic E-state index is 13.1. The molecule has 5 rings (SSSR count). The fraction of sp³-hybridized carbons (Fsp3) is 0.212. The van der Waals surface area contributed by atoms with Crippen molar-refractivity contribution >= 4 is 50.8 Å². The van der Waals surface area contributed by atoms with Gasteiger partial charge in [0, 0.05) is 0 Å². The Hall–Kier alpha value is -4.09. The molecule has 0 spiro atoms. The highest BCUT2D eigenvalue weighted by atomic mass is 35.5. The van der Waals surface area contributed by atoms with E-state index in [9.17, 15) is 23.1 Å². The maximum atomic E-state index is 13.1. The van der Waals surface area contributed by atoms with Gasteiger partial charge in [0.05, 0.1) is 38.2 Å². The molecule has 1 aliphatic rings. The van der Waals surface area contributed by atoms with Crippen LogP contribution in [-0.2, 0) is 21.2 Å². The number of ether oxygens (including phenoxy) is 2. The highest BCUT2D eigenvalue weighted by molar-refractivity contribution is 7.89. The molecule has 0 bridgehead atoms. The number of carbonyl (C=O) groups is 2. The monoisotopic (exact) mass is 668 g/mol. The van der Waals surface area contributed by atoms with Crippen molar-refractivity contribution in [3.8, 4) is 17.2 Å². The fourth-order valence-electron chi connectivity index (χ4n) is 5.11. The van der Waals surface area contributed by atoms with Gasteiger partial charge in [-0.1, -0.05) is 60.3 Å². The number of rotatable bonds is 12. The molecule has 0 atom stereocenters. The number of benzene rings is 4. The van der Waals surface area contributed by atoms with Crippen molar-refractivity contribution in [1.29, 1.82) is 0 Å². The van der Waals surface area contributed by atoms with Crippen LogP contribution in [0, 0.1) is 0 Å². The Morgan fingerprint density at radius 3 is 2.09 bits per heavy atom. The molecule has 3 N–H and O–H groups in total. The summed E-state index contributed by atoms with van der Waals surface area (Å²) < 4.78 is 41.1. The number of para-hydroxylation sites is 1. The molecule has 1 saturated carbocycles. The topological polar surface area (TPSA) is 131 Å². The van der Waals surface area contributed by atoms with Gasteiger partial charge < -0.3 is 19.9 Å². The molecule has 1 amide bonds. The summed E-state index contributed by atoms with van der Waals surface area (Å²) in [5.41, 5.74) is 0.240. The fourth-order valence-corrected chi connectivity index (χ4v) is 6.94. The van der Waals surface area contributed by atoms with Crippen LogP contribution in [0.5, 0.6) is 17.2 Å². The molecule has 234 valence electrons. The quantitative estimate of drug-likeness (QED) is 0.144. The van der Waals surface area contributed by atoms with Crippen molar-refractivity contribution in [2.24, 2.45) is 0 Å². The number of carboxylic acid groups (broad SMARTS) is 1. The predicted molar refractivity (Wildman–Crippen MR) is 172 cm³/mol. The van der Waals surface area contributed by atoms with Crippen LogP contribution < -0.4 is 19.5 Å². The zero-order valence-corrected chi connectivity index (χ0v) is 26.3. The molecule has 0 heterocycles. The zero-order chi connectivity index (χ0) is 32.0. The number of sulfonamides is 1. The van der Waals surface area contributed by atoms with Crippen molar-refractivity contribution in [1.82, 2.24) is 4.72 Å². The smallest absolute Gasteiger partial charge is 0.337 e. The van der Waals surface area contributed by atoms with Crippen molar-refractivity contribution < 1.29 is 32.6 Å². The van der Waals surface area contributed by atoms with Crippen LogP contribution in [0.15, 0.2) is 95.9 Å². The second kappa shape index (κ2) is 13.9. The first kappa shape index (κ1) is 32.3. The first-order chi connectivity index (χ1) is 21.5. The Kier molecular flexibility index (Phi) is 9.99. The highest BCUT2D eigenvalue weighted by Gasteiger charge is 2.39.